The van der Waals surface area contributed by atoms with Crippen molar-refractivity contribution in [1.82, 2.24) is 9.66 Å². The van der Waals surface area contributed by atoms with Crippen LogP contribution in [0.1, 0.15) is 25.0 Å². The molecule has 4 rings (SSSR count). The third-order valence-corrected chi connectivity index (χ3v) is 5.71. The van der Waals surface area contributed by atoms with Crippen LogP contribution >= 0.6 is 15.9 Å². The lowest BCUT2D eigenvalue weighted by Gasteiger charge is -2.13. The molecule has 0 aliphatic rings. The van der Waals surface area contributed by atoms with E-state index >= 15 is 0 Å². The fourth-order valence-electron chi connectivity index (χ4n) is 3.54. The minimum Gasteiger partial charge on any atom is -0.483 e. The Kier molecular flexibility index (Phi) is 7.12. The van der Waals surface area contributed by atoms with E-state index in [-0.39, 0.29) is 45.4 Å². The molecule has 0 radical (unpaired) electrons. The first-order valence-electron chi connectivity index (χ1n) is 10.8. The maximum Gasteiger partial charge on any atom is 0.416 e. The predicted octanol–water partition coefficient (Wildman–Crippen LogP) is 6.42. The molecule has 0 aliphatic carbocycles. The molecule has 1 aromatic heterocycles. The Morgan fingerprint density at radius 1 is 1.14 bits per heavy atom. The van der Waals surface area contributed by atoms with Crippen molar-refractivity contribution in [1.29, 1.82) is 0 Å². The first-order valence-corrected chi connectivity index (χ1v) is 11.6. The van der Waals surface area contributed by atoms with Crippen LogP contribution in [0.15, 0.2) is 75.0 Å². The van der Waals surface area contributed by atoms with Crippen molar-refractivity contribution in [2.45, 2.75) is 26.1 Å². The first kappa shape index (κ1) is 26.0. The van der Waals surface area contributed by atoms with Gasteiger partial charge in [-0.3, -0.25) is 14.9 Å². The van der Waals surface area contributed by atoms with E-state index in [9.17, 15) is 28.1 Å². The monoisotopic (exact) mass is 574 g/mol. The van der Waals surface area contributed by atoms with Gasteiger partial charge in [0.05, 0.1) is 38.2 Å². The Bertz CT molecular complexity index is 1600. The zero-order valence-electron chi connectivity index (χ0n) is 19.4. The topological polar surface area (TPSA) is 99.6 Å². The van der Waals surface area contributed by atoms with Gasteiger partial charge in [0.1, 0.15) is 0 Å². The molecule has 0 fully saturated rings. The normalized spacial score (nSPS) is 12.0. The number of para-hydroxylation sites is 1. The van der Waals surface area contributed by atoms with Crippen molar-refractivity contribution in [2.75, 3.05) is 0 Å². The minimum absolute atomic E-state index is 0.0164. The highest BCUT2D eigenvalue weighted by molar-refractivity contribution is 9.10. The Morgan fingerprint density at radius 3 is 2.54 bits per heavy atom. The summed E-state index contributed by atoms with van der Waals surface area (Å²) in [7, 11) is 0. The Labute approximate surface area is 216 Å². The number of fused-ring (bicyclic) bond motifs is 1. The van der Waals surface area contributed by atoms with E-state index < -0.39 is 22.2 Å². The summed E-state index contributed by atoms with van der Waals surface area (Å²) in [5.41, 5.74) is -1.33. The number of nitro groups is 1. The highest BCUT2D eigenvalue weighted by atomic mass is 79.9. The third kappa shape index (κ3) is 5.53. The second-order valence-electron chi connectivity index (χ2n) is 8.17. The fourth-order valence-corrected chi connectivity index (χ4v) is 4.10. The number of ether oxygens (including phenoxy) is 1. The number of nitrogens with zero attached hydrogens (tertiary/aromatic N) is 4. The molecule has 0 unspecified atom stereocenters. The molecule has 190 valence electrons. The number of nitro benzene ring substituents is 1. The van der Waals surface area contributed by atoms with E-state index in [4.69, 9.17) is 4.74 Å². The number of rotatable bonds is 6. The number of alkyl halides is 3. The van der Waals surface area contributed by atoms with E-state index in [0.29, 0.717) is 4.47 Å². The quantitative estimate of drug-likeness (QED) is 0.150. The van der Waals surface area contributed by atoms with E-state index in [1.807, 2.05) is 0 Å². The number of hydrogen-bond donors (Lipinski definition) is 0. The van der Waals surface area contributed by atoms with Gasteiger partial charge in [-0.15, -0.1) is 0 Å². The lowest BCUT2D eigenvalue weighted by molar-refractivity contribution is -0.386. The molecule has 3 aromatic carbocycles. The van der Waals surface area contributed by atoms with Gasteiger partial charge in [-0.2, -0.15) is 22.9 Å². The maximum absolute atomic E-state index is 13.4. The molecule has 8 nitrogen and oxygen atoms in total. The molecule has 12 heteroatoms. The number of aromatic nitrogens is 2. The molecule has 0 saturated heterocycles. The van der Waals surface area contributed by atoms with Gasteiger partial charge < -0.3 is 4.74 Å². The highest BCUT2D eigenvalue weighted by Crippen LogP contribution is 2.37. The molecule has 0 atom stereocenters. The Balaban J connectivity index is 1.90. The van der Waals surface area contributed by atoms with Crippen LogP contribution in [-0.2, 0) is 6.18 Å². The Hall–Kier alpha value is -4.06. The van der Waals surface area contributed by atoms with E-state index in [1.54, 1.807) is 32.0 Å². The van der Waals surface area contributed by atoms with Crippen LogP contribution < -0.4 is 10.3 Å². The van der Waals surface area contributed by atoms with Crippen molar-refractivity contribution in [3.8, 4) is 17.1 Å². The molecule has 0 saturated carbocycles. The lowest BCUT2D eigenvalue weighted by Crippen LogP contribution is -2.20. The summed E-state index contributed by atoms with van der Waals surface area (Å²) >= 11 is 3.27. The fraction of sp³-hybridized carbons (Fsp3) is 0.160. The highest BCUT2D eigenvalue weighted by Gasteiger charge is 2.31. The van der Waals surface area contributed by atoms with Crippen LogP contribution in [0.25, 0.3) is 22.3 Å². The average molecular weight is 575 g/mol. The maximum atomic E-state index is 13.4. The van der Waals surface area contributed by atoms with Gasteiger partial charge in [0, 0.05) is 17.2 Å². The average Bonchev–Trinajstić information content (AvgIpc) is 2.84. The smallest absolute Gasteiger partial charge is 0.416 e. The summed E-state index contributed by atoms with van der Waals surface area (Å²) < 4.78 is 46.8. The van der Waals surface area contributed by atoms with Crippen molar-refractivity contribution in [3.05, 3.63) is 96.7 Å². The van der Waals surface area contributed by atoms with E-state index in [0.717, 1.165) is 16.8 Å². The summed E-state index contributed by atoms with van der Waals surface area (Å²) in [5, 5.41) is 16.0. The Morgan fingerprint density at radius 2 is 1.86 bits per heavy atom. The van der Waals surface area contributed by atoms with Gasteiger partial charge in [0.2, 0.25) is 5.75 Å². The zero-order chi connectivity index (χ0) is 26.9. The first-order chi connectivity index (χ1) is 17.5. The van der Waals surface area contributed by atoms with Crippen molar-refractivity contribution in [3.63, 3.8) is 0 Å². The second kappa shape index (κ2) is 10.1. The van der Waals surface area contributed by atoms with Gasteiger partial charge in [-0.25, -0.2) is 4.98 Å². The minimum atomic E-state index is -4.60. The van der Waals surface area contributed by atoms with Crippen molar-refractivity contribution < 1.29 is 22.8 Å². The molecule has 0 N–H and O–H groups in total. The van der Waals surface area contributed by atoms with Crippen LogP contribution in [0, 0.1) is 10.1 Å². The van der Waals surface area contributed by atoms with Crippen LogP contribution in [0.2, 0.25) is 0 Å². The molecule has 0 amide bonds. The molecule has 0 bridgehead atoms. The lowest BCUT2D eigenvalue weighted by atomic mass is 10.1. The largest absolute Gasteiger partial charge is 0.483 e. The molecular formula is C25H18BrF3N4O4. The number of halogens is 4. The van der Waals surface area contributed by atoms with Crippen LogP contribution in [0.4, 0.5) is 18.9 Å². The van der Waals surface area contributed by atoms with Crippen molar-refractivity contribution >= 4 is 38.7 Å². The van der Waals surface area contributed by atoms with E-state index in [2.05, 4.69) is 26.0 Å². The van der Waals surface area contributed by atoms with E-state index in [1.165, 1.54) is 36.5 Å². The molecule has 37 heavy (non-hydrogen) atoms. The van der Waals surface area contributed by atoms with Gasteiger partial charge in [-0.05, 0) is 60.1 Å². The van der Waals surface area contributed by atoms with Crippen molar-refractivity contribution in [2.24, 2.45) is 5.10 Å². The molecule has 1 heterocycles. The van der Waals surface area contributed by atoms with Gasteiger partial charge >= 0.3 is 11.9 Å². The number of hydrogen-bond acceptors (Lipinski definition) is 6. The summed E-state index contributed by atoms with van der Waals surface area (Å²) in [4.78, 5) is 28.7. The summed E-state index contributed by atoms with van der Waals surface area (Å²) in [5.74, 6) is -0.0919. The standard InChI is InChI=1S/C25H18BrF3N4O4/c1-14(2)37-22-19(26)10-15(11-21(22)33(35)36)13-30-32-23(16-6-5-7-17(12-16)25(27,28)29)31-20-9-4-3-8-18(20)24(32)34/h3-14H,1-2H3. The van der Waals surface area contributed by atoms with Crippen LogP contribution in [0.3, 0.4) is 0 Å². The van der Waals surface area contributed by atoms with Gasteiger partial charge in [0.15, 0.2) is 5.82 Å². The summed E-state index contributed by atoms with van der Waals surface area (Å²) in [6.45, 7) is 3.44. The van der Waals surface area contributed by atoms with Gasteiger partial charge in [0.25, 0.3) is 5.56 Å². The predicted molar refractivity (Wildman–Crippen MR) is 136 cm³/mol. The van der Waals surface area contributed by atoms with Crippen LogP contribution in [0.5, 0.6) is 5.75 Å². The van der Waals surface area contributed by atoms with Gasteiger partial charge in [-0.1, -0.05) is 24.3 Å². The SMILES string of the molecule is CC(C)Oc1c(Br)cc(C=Nn2c(-c3cccc(C(F)(F)F)c3)nc3ccccc3c2=O)cc1[N+](=O)[O-]. The van der Waals surface area contributed by atoms with Crippen LogP contribution in [-0.4, -0.2) is 26.9 Å². The number of benzene rings is 3. The summed E-state index contributed by atoms with van der Waals surface area (Å²) in [6, 6.07) is 13.5. The molecule has 4 aromatic rings. The molecular weight excluding hydrogens is 557 g/mol. The second-order valence-corrected chi connectivity index (χ2v) is 9.02. The third-order valence-electron chi connectivity index (χ3n) is 5.12. The zero-order valence-corrected chi connectivity index (χ0v) is 20.9. The molecule has 0 spiro atoms. The molecule has 0 aliphatic heterocycles. The summed E-state index contributed by atoms with van der Waals surface area (Å²) in [6.07, 6.45) is -3.75.